The van der Waals surface area contributed by atoms with E-state index in [1.165, 1.54) is 0 Å². The molecule has 0 aliphatic rings. The number of aliphatic carboxylic acids is 1. The molecule has 0 aliphatic carbocycles. The smallest absolute Gasteiger partial charge is 0.318 e. The molecule has 0 bridgehead atoms. The molecule has 0 aliphatic heterocycles. The molecule has 0 amide bonds. The number of nitrogens with zero attached hydrogens (tertiary/aromatic N) is 1. The van der Waals surface area contributed by atoms with E-state index in [1.54, 1.807) is 25.3 Å². The zero-order valence-corrected chi connectivity index (χ0v) is 12.5. The molecule has 96 valence electrons. The second-order valence-electron chi connectivity index (χ2n) is 3.59. The van der Waals surface area contributed by atoms with Gasteiger partial charge in [0.25, 0.3) is 10.0 Å². The maximum atomic E-state index is 12.2. The first kappa shape index (κ1) is 14.6. The first-order chi connectivity index (χ1) is 7.76. The third kappa shape index (κ3) is 3.27. The van der Waals surface area contributed by atoms with E-state index in [2.05, 4.69) is 15.9 Å². The zero-order chi connectivity index (χ0) is 13.2. The number of carboxylic acids is 1. The number of halogens is 1. The molecule has 0 radical (unpaired) electrons. The molecule has 0 saturated heterocycles. The van der Waals surface area contributed by atoms with Crippen LogP contribution in [0.4, 0.5) is 0 Å². The molecule has 5 nitrogen and oxygen atoms in total. The minimum Gasteiger partial charge on any atom is -0.480 e. The molecule has 0 fully saturated rings. The lowest BCUT2D eigenvalue weighted by Crippen LogP contribution is -2.40. The van der Waals surface area contributed by atoms with Crippen LogP contribution in [0.3, 0.4) is 0 Å². The Morgan fingerprint density at radius 1 is 1.59 bits per heavy atom. The maximum absolute atomic E-state index is 12.2. The molecule has 1 N–H and O–H groups in total. The van der Waals surface area contributed by atoms with Gasteiger partial charge in [0.05, 0.1) is 0 Å². The molecule has 1 aromatic rings. The Labute approximate surface area is 112 Å². The molecule has 1 aromatic heterocycles. The van der Waals surface area contributed by atoms with E-state index >= 15 is 0 Å². The number of hydrogen-bond acceptors (Lipinski definition) is 4. The second kappa shape index (κ2) is 5.47. The van der Waals surface area contributed by atoms with Crippen LogP contribution in [-0.4, -0.2) is 36.4 Å². The Bertz CT molecular complexity index is 509. The van der Waals surface area contributed by atoms with E-state index < -0.39 is 28.6 Å². The van der Waals surface area contributed by atoms with E-state index in [0.29, 0.717) is 4.47 Å². The lowest BCUT2D eigenvalue weighted by atomic mass is 10.4. The minimum absolute atomic E-state index is 0.132. The van der Waals surface area contributed by atoms with Gasteiger partial charge in [-0.2, -0.15) is 4.31 Å². The standard InChI is InChI=1S/C9H12BrNO4S2/c1-6(2)11(5-8(12)13)17(14,15)9-7(10)3-4-16-9/h3-4,6H,5H2,1-2H3,(H,12,13). The molecule has 1 rings (SSSR count). The van der Waals surface area contributed by atoms with Gasteiger partial charge in [0, 0.05) is 10.5 Å². The van der Waals surface area contributed by atoms with Crippen molar-refractivity contribution in [2.75, 3.05) is 6.54 Å². The topological polar surface area (TPSA) is 74.7 Å². The highest BCUT2D eigenvalue weighted by Gasteiger charge is 2.31. The van der Waals surface area contributed by atoms with Crippen LogP contribution in [0.2, 0.25) is 0 Å². The number of carboxylic acid groups (broad SMARTS) is 1. The highest BCUT2D eigenvalue weighted by molar-refractivity contribution is 9.10. The van der Waals surface area contributed by atoms with Crippen molar-refractivity contribution in [3.8, 4) is 0 Å². The molecule has 1 heterocycles. The Balaban J connectivity index is 3.18. The third-order valence-electron chi connectivity index (χ3n) is 1.99. The van der Waals surface area contributed by atoms with Crippen molar-refractivity contribution in [2.24, 2.45) is 0 Å². The quantitative estimate of drug-likeness (QED) is 0.888. The van der Waals surface area contributed by atoms with Crippen LogP contribution >= 0.6 is 27.3 Å². The van der Waals surface area contributed by atoms with Crippen LogP contribution in [0.1, 0.15) is 13.8 Å². The van der Waals surface area contributed by atoms with Crippen molar-refractivity contribution in [3.05, 3.63) is 15.9 Å². The third-order valence-corrected chi connectivity index (χ3v) is 6.66. The summed E-state index contributed by atoms with van der Waals surface area (Å²) < 4.78 is 26.0. The number of thiophene rings is 1. The molecule has 0 unspecified atom stereocenters. The number of carbonyl (C=O) groups is 1. The lowest BCUT2D eigenvalue weighted by Gasteiger charge is -2.23. The highest BCUT2D eigenvalue weighted by atomic mass is 79.9. The van der Waals surface area contributed by atoms with Crippen LogP contribution < -0.4 is 0 Å². The van der Waals surface area contributed by atoms with Gasteiger partial charge in [-0.05, 0) is 41.2 Å². The van der Waals surface area contributed by atoms with Crippen LogP contribution in [-0.2, 0) is 14.8 Å². The monoisotopic (exact) mass is 341 g/mol. The van der Waals surface area contributed by atoms with Crippen LogP contribution in [0.25, 0.3) is 0 Å². The fourth-order valence-electron chi connectivity index (χ4n) is 1.25. The largest absolute Gasteiger partial charge is 0.480 e. The average molecular weight is 342 g/mol. The van der Waals surface area contributed by atoms with Gasteiger partial charge in [0.15, 0.2) is 0 Å². The molecule has 8 heteroatoms. The Morgan fingerprint density at radius 2 is 2.18 bits per heavy atom. The van der Waals surface area contributed by atoms with Gasteiger partial charge < -0.3 is 5.11 Å². The summed E-state index contributed by atoms with van der Waals surface area (Å²) in [5, 5.41) is 10.4. The average Bonchev–Trinajstić information content (AvgIpc) is 2.60. The summed E-state index contributed by atoms with van der Waals surface area (Å²) >= 11 is 4.20. The fraction of sp³-hybridized carbons (Fsp3) is 0.444. The Kier molecular flexibility index (Phi) is 4.70. The van der Waals surface area contributed by atoms with Gasteiger partial charge in [0.2, 0.25) is 0 Å². The molecule has 0 aromatic carbocycles. The molecule has 17 heavy (non-hydrogen) atoms. The minimum atomic E-state index is -3.76. The van der Waals surface area contributed by atoms with Crippen LogP contribution in [0.15, 0.2) is 20.1 Å². The Hall–Kier alpha value is -0.440. The maximum Gasteiger partial charge on any atom is 0.318 e. The van der Waals surface area contributed by atoms with Crippen molar-refractivity contribution in [1.29, 1.82) is 0 Å². The van der Waals surface area contributed by atoms with Crippen molar-refractivity contribution >= 4 is 43.3 Å². The van der Waals surface area contributed by atoms with Gasteiger partial charge in [0.1, 0.15) is 10.8 Å². The SMILES string of the molecule is CC(C)N(CC(=O)O)S(=O)(=O)c1sccc1Br. The zero-order valence-electron chi connectivity index (χ0n) is 9.25. The first-order valence-corrected chi connectivity index (χ1v) is 7.84. The molecule has 0 atom stereocenters. The number of rotatable bonds is 5. The normalized spacial score (nSPS) is 12.3. The summed E-state index contributed by atoms with van der Waals surface area (Å²) in [6, 6.07) is 1.21. The van der Waals surface area contributed by atoms with E-state index in [4.69, 9.17) is 5.11 Å². The summed E-state index contributed by atoms with van der Waals surface area (Å²) in [6.45, 7) is 2.74. The van der Waals surface area contributed by atoms with Crippen molar-refractivity contribution in [1.82, 2.24) is 4.31 Å². The number of hydrogen-bond donors (Lipinski definition) is 1. The molecular weight excluding hydrogens is 330 g/mol. The summed E-state index contributed by atoms with van der Waals surface area (Å²) in [6.07, 6.45) is 0. The molecule has 0 saturated carbocycles. The van der Waals surface area contributed by atoms with Crippen molar-refractivity contribution < 1.29 is 18.3 Å². The summed E-state index contributed by atoms with van der Waals surface area (Å²) in [7, 11) is -3.76. The van der Waals surface area contributed by atoms with Crippen LogP contribution in [0, 0.1) is 0 Å². The summed E-state index contributed by atoms with van der Waals surface area (Å²) in [4.78, 5) is 10.7. The van der Waals surface area contributed by atoms with Gasteiger partial charge >= 0.3 is 5.97 Å². The van der Waals surface area contributed by atoms with Gasteiger partial charge in [-0.1, -0.05) is 0 Å². The van der Waals surface area contributed by atoms with Gasteiger partial charge in [-0.3, -0.25) is 4.79 Å². The highest BCUT2D eigenvalue weighted by Crippen LogP contribution is 2.30. The summed E-state index contributed by atoms with van der Waals surface area (Å²) in [5.74, 6) is -1.17. The second-order valence-corrected chi connectivity index (χ2v) is 7.45. The number of sulfonamides is 1. The van der Waals surface area contributed by atoms with Crippen molar-refractivity contribution in [3.63, 3.8) is 0 Å². The van der Waals surface area contributed by atoms with E-state index in [9.17, 15) is 13.2 Å². The predicted molar refractivity (Wildman–Crippen MR) is 68.7 cm³/mol. The lowest BCUT2D eigenvalue weighted by molar-refractivity contribution is -0.137. The van der Waals surface area contributed by atoms with Gasteiger partial charge in [-0.25, -0.2) is 8.42 Å². The predicted octanol–water partition coefficient (Wildman–Crippen LogP) is 1.99. The van der Waals surface area contributed by atoms with Gasteiger partial charge in [-0.15, -0.1) is 11.3 Å². The van der Waals surface area contributed by atoms with E-state index in [1.807, 2.05) is 0 Å². The van der Waals surface area contributed by atoms with Crippen molar-refractivity contribution in [2.45, 2.75) is 24.1 Å². The van der Waals surface area contributed by atoms with E-state index in [-0.39, 0.29) is 4.21 Å². The van der Waals surface area contributed by atoms with E-state index in [0.717, 1.165) is 15.6 Å². The Morgan fingerprint density at radius 3 is 2.53 bits per heavy atom. The molecule has 0 spiro atoms. The van der Waals surface area contributed by atoms with Crippen LogP contribution in [0.5, 0.6) is 0 Å². The molecular formula is C9H12BrNO4S2. The first-order valence-electron chi connectivity index (χ1n) is 4.73. The summed E-state index contributed by atoms with van der Waals surface area (Å²) in [5.41, 5.74) is 0. The fourth-order valence-corrected chi connectivity index (χ4v) is 5.26.